The van der Waals surface area contributed by atoms with E-state index in [1.54, 1.807) is 30.4 Å². The number of pyridine rings is 1. The first kappa shape index (κ1) is 14.0. The van der Waals surface area contributed by atoms with Crippen LogP contribution < -0.4 is 11.3 Å². The van der Waals surface area contributed by atoms with Gasteiger partial charge in [-0.25, -0.2) is 0 Å². The van der Waals surface area contributed by atoms with Gasteiger partial charge in [0.25, 0.3) is 5.91 Å². The fourth-order valence-corrected chi connectivity index (χ4v) is 2.01. The Balaban J connectivity index is 2.18. The van der Waals surface area contributed by atoms with Gasteiger partial charge in [-0.15, -0.1) is 0 Å². The zero-order valence-electron chi connectivity index (χ0n) is 11.6. The van der Waals surface area contributed by atoms with Gasteiger partial charge in [-0.1, -0.05) is 12.1 Å². The number of hydrazine groups is 1. The Kier molecular flexibility index (Phi) is 4.32. The minimum atomic E-state index is -0.0817. The molecule has 0 atom stereocenters. The summed E-state index contributed by atoms with van der Waals surface area (Å²) in [5, 5.41) is 0. The second kappa shape index (κ2) is 6.16. The number of anilines is 1. The summed E-state index contributed by atoms with van der Waals surface area (Å²) in [6.45, 7) is 2.46. The molecule has 104 valence electrons. The van der Waals surface area contributed by atoms with Gasteiger partial charge < -0.3 is 10.3 Å². The molecule has 0 fully saturated rings. The molecular weight excluding hydrogens is 252 g/mol. The second-order valence-electron chi connectivity index (χ2n) is 4.72. The number of nitrogens with one attached hydrogen (secondary N) is 1. The van der Waals surface area contributed by atoms with Crippen LogP contribution in [-0.2, 0) is 6.54 Å². The quantitative estimate of drug-likeness (QED) is 0.658. The molecule has 0 saturated carbocycles. The van der Waals surface area contributed by atoms with Crippen molar-refractivity contribution >= 4 is 11.6 Å². The van der Waals surface area contributed by atoms with Gasteiger partial charge in [-0.2, -0.15) is 0 Å². The monoisotopic (exact) mass is 270 g/mol. The summed E-state index contributed by atoms with van der Waals surface area (Å²) < 4.78 is 0. The molecule has 0 aliphatic carbocycles. The highest BCUT2D eigenvalue weighted by atomic mass is 16.2. The molecule has 0 radical (unpaired) electrons. The number of carbonyl (C=O) groups excluding carboxylic acids is 1. The SMILES string of the molecule is Cc1ccc(C(=O)N(C)Cc2cccnc2)c(NN)c1. The van der Waals surface area contributed by atoms with Crippen molar-refractivity contribution in [1.29, 1.82) is 0 Å². The highest BCUT2D eigenvalue weighted by Crippen LogP contribution is 2.18. The highest BCUT2D eigenvalue weighted by Gasteiger charge is 2.15. The molecule has 1 heterocycles. The molecule has 2 aromatic rings. The largest absolute Gasteiger partial charge is 0.337 e. The van der Waals surface area contributed by atoms with Crippen LogP contribution in [0.1, 0.15) is 21.5 Å². The number of carbonyl (C=O) groups is 1. The van der Waals surface area contributed by atoms with Gasteiger partial charge in [0.05, 0.1) is 11.3 Å². The molecule has 0 unspecified atom stereocenters. The zero-order chi connectivity index (χ0) is 14.5. The second-order valence-corrected chi connectivity index (χ2v) is 4.72. The van der Waals surface area contributed by atoms with Gasteiger partial charge in [0.2, 0.25) is 0 Å². The molecule has 1 aromatic carbocycles. The number of nitrogens with two attached hydrogens (primary N) is 1. The molecule has 0 aliphatic heterocycles. The van der Waals surface area contributed by atoms with E-state index in [1.165, 1.54) is 0 Å². The van der Waals surface area contributed by atoms with E-state index in [2.05, 4.69) is 10.4 Å². The molecule has 2 rings (SSSR count). The number of hydrogen-bond donors (Lipinski definition) is 2. The summed E-state index contributed by atoms with van der Waals surface area (Å²) in [4.78, 5) is 18.1. The van der Waals surface area contributed by atoms with E-state index in [9.17, 15) is 4.79 Å². The molecule has 5 nitrogen and oxygen atoms in total. The smallest absolute Gasteiger partial charge is 0.256 e. The fraction of sp³-hybridized carbons (Fsp3) is 0.200. The minimum Gasteiger partial charge on any atom is -0.337 e. The topological polar surface area (TPSA) is 71.2 Å². The summed E-state index contributed by atoms with van der Waals surface area (Å²) in [6, 6.07) is 9.32. The van der Waals surface area contributed by atoms with Crippen LogP contribution in [0.15, 0.2) is 42.7 Å². The molecule has 0 spiro atoms. The normalized spacial score (nSPS) is 10.2. The summed E-state index contributed by atoms with van der Waals surface area (Å²) in [7, 11) is 1.76. The van der Waals surface area contributed by atoms with E-state index in [0.29, 0.717) is 17.8 Å². The molecule has 3 N–H and O–H groups in total. The van der Waals surface area contributed by atoms with Crippen LogP contribution in [0.5, 0.6) is 0 Å². The lowest BCUT2D eigenvalue weighted by atomic mass is 10.1. The van der Waals surface area contributed by atoms with Crippen LogP contribution in [0, 0.1) is 6.92 Å². The number of nitrogen functional groups attached to an aromatic ring is 1. The molecule has 1 amide bonds. The molecular formula is C15H18N4O. The minimum absolute atomic E-state index is 0.0817. The molecule has 5 heteroatoms. The average molecular weight is 270 g/mol. The van der Waals surface area contributed by atoms with Crippen molar-refractivity contribution in [2.75, 3.05) is 12.5 Å². The Morgan fingerprint density at radius 2 is 2.20 bits per heavy atom. The summed E-state index contributed by atoms with van der Waals surface area (Å²) >= 11 is 0. The maximum absolute atomic E-state index is 12.4. The Morgan fingerprint density at radius 1 is 1.40 bits per heavy atom. The molecule has 0 aliphatic rings. The lowest BCUT2D eigenvalue weighted by Crippen LogP contribution is -2.27. The van der Waals surface area contributed by atoms with E-state index in [0.717, 1.165) is 11.1 Å². The predicted molar refractivity (Wildman–Crippen MR) is 79.0 cm³/mol. The zero-order valence-corrected chi connectivity index (χ0v) is 11.6. The van der Waals surface area contributed by atoms with Crippen LogP contribution in [0.2, 0.25) is 0 Å². The van der Waals surface area contributed by atoms with E-state index >= 15 is 0 Å². The third kappa shape index (κ3) is 3.13. The van der Waals surface area contributed by atoms with Gasteiger partial charge in [-0.05, 0) is 36.2 Å². The number of nitrogens with zero attached hydrogens (tertiary/aromatic N) is 2. The first-order valence-corrected chi connectivity index (χ1v) is 6.33. The molecule has 20 heavy (non-hydrogen) atoms. The fourth-order valence-electron chi connectivity index (χ4n) is 2.01. The van der Waals surface area contributed by atoms with Crippen LogP contribution in [-0.4, -0.2) is 22.8 Å². The maximum atomic E-state index is 12.4. The summed E-state index contributed by atoms with van der Waals surface area (Å²) in [5.74, 6) is 5.40. The van der Waals surface area contributed by atoms with E-state index < -0.39 is 0 Å². The molecule has 0 saturated heterocycles. The van der Waals surface area contributed by atoms with Crippen molar-refractivity contribution in [2.45, 2.75) is 13.5 Å². The highest BCUT2D eigenvalue weighted by molar-refractivity contribution is 5.99. The van der Waals surface area contributed by atoms with Crippen molar-refractivity contribution in [3.63, 3.8) is 0 Å². The van der Waals surface area contributed by atoms with Gasteiger partial charge in [-0.3, -0.25) is 15.6 Å². The lowest BCUT2D eigenvalue weighted by Gasteiger charge is -2.19. The Hall–Kier alpha value is -2.40. The summed E-state index contributed by atoms with van der Waals surface area (Å²) in [6.07, 6.45) is 3.46. The van der Waals surface area contributed by atoms with E-state index in [4.69, 9.17) is 5.84 Å². The van der Waals surface area contributed by atoms with Crippen molar-refractivity contribution < 1.29 is 4.79 Å². The Bertz CT molecular complexity index is 598. The van der Waals surface area contributed by atoms with Crippen molar-refractivity contribution in [3.05, 3.63) is 59.4 Å². The maximum Gasteiger partial charge on any atom is 0.256 e. The van der Waals surface area contributed by atoms with Crippen molar-refractivity contribution in [3.8, 4) is 0 Å². The Morgan fingerprint density at radius 3 is 2.85 bits per heavy atom. The van der Waals surface area contributed by atoms with Crippen LogP contribution >= 0.6 is 0 Å². The lowest BCUT2D eigenvalue weighted by molar-refractivity contribution is 0.0786. The number of rotatable bonds is 4. The molecule has 0 bridgehead atoms. The van der Waals surface area contributed by atoms with Gasteiger partial charge in [0.1, 0.15) is 0 Å². The average Bonchev–Trinajstić information content (AvgIpc) is 2.47. The predicted octanol–water partition coefficient (Wildman–Crippen LogP) is 1.95. The summed E-state index contributed by atoms with van der Waals surface area (Å²) in [5.41, 5.74) is 5.80. The third-order valence-electron chi connectivity index (χ3n) is 3.05. The van der Waals surface area contributed by atoms with Crippen LogP contribution in [0.3, 0.4) is 0 Å². The number of hydrogen-bond acceptors (Lipinski definition) is 4. The van der Waals surface area contributed by atoms with Gasteiger partial charge >= 0.3 is 0 Å². The van der Waals surface area contributed by atoms with Crippen molar-refractivity contribution in [2.24, 2.45) is 5.84 Å². The number of aromatic nitrogens is 1. The third-order valence-corrected chi connectivity index (χ3v) is 3.05. The van der Waals surface area contributed by atoms with Crippen LogP contribution in [0.25, 0.3) is 0 Å². The first-order valence-electron chi connectivity index (χ1n) is 6.33. The number of aryl methyl sites for hydroxylation is 1. The van der Waals surface area contributed by atoms with Crippen LogP contribution in [0.4, 0.5) is 5.69 Å². The number of benzene rings is 1. The molecule has 1 aromatic heterocycles. The van der Waals surface area contributed by atoms with Gasteiger partial charge in [0.15, 0.2) is 0 Å². The number of amides is 1. The van der Waals surface area contributed by atoms with Crippen molar-refractivity contribution in [1.82, 2.24) is 9.88 Å². The van der Waals surface area contributed by atoms with E-state index in [-0.39, 0.29) is 5.91 Å². The van der Waals surface area contributed by atoms with E-state index in [1.807, 2.05) is 31.2 Å². The standard InChI is InChI=1S/C15H18N4O/c1-11-5-6-13(14(8-11)18-16)15(20)19(2)10-12-4-3-7-17-9-12/h3-9,18H,10,16H2,1-2H3. The first-order chi connectivity index (χ1) is 9.61. The Labute approximate surface area is 118 Å². The van der Waals surface area contributed by atoms with Gasteiger partial charge in [0, 0.05) is 26.0 Å².